The Bertz CT molecular complexity index is 1730. The first-order valence-corrected chi connectivity index (χ1v) is 12.4. The van der Waals surface area contributed by atoms with Crippen LogP contribution in [0.2, 0.25) is 0 Å². The van der Waals surface area contributed by atoms with Gasteiger partial charge in [0.1, 0.15) is 11.5 Å². The van der Waals surface area contributed by atoms with E-state index in [2.05, 4.69) is 11.7 Å². The highest BCUT2D eigenvalue weighted by Gasteiger charge is 2.11. The summed E-state index contributed by atoms with van der Waals surface area (Å²) in [7, 11) is -7.65. The molecule has 4 aromatic rings. The topological polar surface area (TPSA) is 171 Å². The van der Waals surface area contributed by atoms with E-state index >= 15 is 0 Å². The van der Waals surface area contributed by atoms with Crippen LogP contribution in [0.15, 0.2) is 79.7 Å². The molecule has 170 valence electrons. The minimum atomic E-state index is -3.85. The lowest BCUT2D eigenvalue weighted by Crippen LogP contribution is -2.33. The Morgan fingerprint density at radius 1 is 0.848 bits per heavy atom. The van der Waals surface area contributed by atoms with E-state index in [1.54, 1.807) is 24.3 Å². The molecule has 33 heavy (non-hydrogen) atoms. The second-order valence-electron chi connectivity index (χ2n) is 7.10. The Morgan fingerprint density at radius 2 is 1.39 bits per heavy atom. The zero-order valence-electron chi connectivity index (χ0n) is 16.9. The molecule has 0 spiro atoms. The normalized spacial score (nSPS) is 12.8. The van der Waals surface area contributed by atoms with E-state index in [1.165, 1.54) is 47.2 Å². The number of aromatic amines is 1. The molecule has 0 fully saturated rings. The van der Waals surface area contributed by atoms with Crippen molar-refractivity contribution in [2.24, 2.45) is 10.3 Å². The summed E-state index contributed by atoms with van der Waals surface area (Å²) in [4.78, 5) is 12.8. The van der Waals surface area contributed by atoms with Crippen LogP contribution in [0.3, 0.4) is 0 Å². The van der Waals surface area contributed by atoms with E-state index < -0.39 is 25.6 Å². The number of aromatic nitrogens is 2. The lowest BCUT2D eigenvalue weighted by atomic mass is 10.2. The number of hydrogen-bond acceptors (Lipinski definition) is 6. The Morgan fingerprint density at radius 3 is 1.94 bits per heavy atom. The summed E-state index contributed by atoms with van der Waals surface area (Å²) in [6.45, 7) is 3.84. The van der Waals surface area contributed by atoms with Gasteiger partial charge >= 0.3 is 0 Å². The summed E-state index contributed by atoms with van der Waals surface area (Å²) in [5.41, 5.74) is 0.601. The maximum Gasteiger partial charge on any atom is 0.279 e. The van der Waals surface area contributed by atoms with Crippen LogP contribution in [-0.4, -0.2) is 26.6 Å². The summed E-state index contributed by atoms with van der Waals surface area (Å²) in [5, 5.41) is 13.6. The zero-order chi connectivity index (χ0) is 24.0. The lowest BCUT2D eigenvalue weighted by molar-refractivity contribution is 0.571. The van der Waals surface area contributed by atoms with Gasteiger partial charge < -0.3 is 4.42 Å². The molecular formula is C21H18N4O6S2. The lowest BCUT2D eigenvalue weighted by Gasteiger charge is -2.02. The molecule has 0 saturated heterocycles. The Balaban J connectivity index is 1.69. The van der Waals surface area contributed by atoms with E-state index in [4.69, 9.17) is 14.7 Å². The molecule has 12 heteroatoms. The number of nitrogens with two attached hydrogens (primary N) is 2. The van der Waals surface area contributed by atoms with Gasteiger partial charge in [-0.2, -0.15) is 0 Å². The van der Waals surface area contributed by atoms with Crippen LogP contribution >= 0.6 is 0 Å². The molecule has 0 unspecified atom stereocenters. The quantitative estimate of drug-likeness (QED) is 0.357. The Hall–Kier alpha value is -3.71. The van der Waals surface area contributed by atoms with Crippen molar-refractivity contribution in [1.82, 2.24) is 9.78 Å². The molecule has 2 aromatic carbocycles. The van der Waals surface area contributed by atoms with Gasteiger partial charge in [0.2, 0.25) is 20.0 Å². The molecule has 2 aromatic heterocycles. The van der Waals surface area contributed by atoms with Gasteiger partial charge in [0.15, 0.2) is 0 Å². The molecule has 5 N–H and O–H groups in total. The summed E-state index contributed by atoms with van der Waals surface area (Å²) in [6, 6.07) is 14.7. The van der Waals surface area contributed by atoms with Crippen LogP contribution in [0, 0.1) is 0 Å². The summed E-state index contributed by atoms with van der Waals surface area (Å²) in [5.74, 6) is 0.834. The number of sulfonamides is 2. The predicted octanol–water partition coefficient (Wildman–Crippen LogP) is -0.0405. The number of hydrogen-bond donors (Lipinski definition) is 3. The summed E-state index contributed by atoms with van der Waals surface area (Å²) < 4.78 is 52.6. The number of rotatable bonds is 5. The van der Waals surface area contributed by atoms with Crippen LogP contribution in [0.5, 0.6) is 0 Å². The predicted molar refractivity (Wildman–Crippen MR) is 122 cm³/mol. The third-order valence-corrected chi connectivity index (χ3v) is 6.67. The van der Waals surface area contributed by atoms with Crippen LogP contribution < -0.4 is 26.4 Å². The number of furan rings is 1. The van der Waals surface area contributed by atoms with Crippen LogP contribution in [0.4, 0.5) is 0 Å². The SMILES string of the molecule is C=c1[nH]n(-c2ccc(S(N)(=O)=O)cc2)c(=O)/c1=C\c1ccc(-c2ccc(S(N)(=O)=O)cc2)o1. The second kappa shape index (κ2) is 8.01. The zero-order valence-corrected chi connectivity index (χ0v) is 18.6. The van der Waals surface area contributed by atoms with Crippen molar-refractivity contribution < 1.29 is 21.3 Å². The third kappa shape index (κ3) is 4.59. The summed E-state index contributed by atoms with van der Waals surface area (Å²) >= 11 is 0. The molecule has 0 amide bonds. The van der Waals surface area contributed by atoms with Gasteiger partial charge in [-0.3, -0.25) is 9.89 Å². The van der Waals surface area contributed by atoms with Gasteiger partial charge in [0.25, 0.3) is 5.56 Å². The van der Waals surface area contributed by atoms with Crippen molar-refractivity contribution in [3.05, 3.63) is 87.3 Å². The van der Waals surface area contributed by atoms with E-state index in [9.17, 15) is 21.6 Å². The highest BCUT2D eigenvalue weighted by molar-refractivity contribution is 7.89. The van der Waals surface area contributed by atoms with E-state index in [1.807, 2.05) is 0 Å². The monoisotopic (exact) mass is 486 g/mol. The first-order valence-electron chi connectivity index (χ1n) is 9.31. The van der Waals surface area contributed by atoms with Gasteiger partial charge in [-0.25, -0.2) is 31.8 Å². The van der Waals surface area contributed by atoms with E-state index in [0.717, 1.165) is 0 Å². The van der Waals surface area contributed by atoms with Gasteiger partial charge in [-0.15, -0.1) is 0 Å². The minimum absolute atomic E-state index is 0.0174. The van der Waals surface area contributed by atoms with Gasteiger partial charge in [-0.1, -0.05) is 6.58 Å². The van der Waals surface area contributed by atoms with Crippen molar-refractivity contribution >= 4 is 32.7 Å². The largest absolute Gasteiger partial charge is 0.457 e. The summed E-state index contributed by atoms with van der Waals surface area (Å²) in [6.07, 6.45) is 1.51. The smallest absolute Gasteiger partial charge is 0.279 e. The number of nitrogens with zero attached hydrogens (tertiary/aromatic N) is 1. The molecule has 0 aliphatic carbocycles. The number of primary sulfonamides is 2. The maximum atomic E-state index is 12.9. The average Bonchev–Trinajstić information content (AvgIpc) is 3.33. The fourth-order valence-electron chi connectivity index (χ4n) is 3.15. The van der Waals surface area contributed by atoms with Gasteiger partial charge in [0, 0.05) is 5.56 Å². The molecule has 0 aliphatic rings. The Labute approximate surface area is 188 Å². The van der Waals surface area contributed by atoms with Crippen molar-refractivity contribution in [1.29, 1.82) is 0 Å². The van der Waals surface area contributed by atoms with E-state index in [-0.39, 0.29) is 15.0 Å². The van der Waals surface area contributed by atoms with Gasteiger partial charge in [0.05, 0.1) is 26.0 Å². The maximum absolute atomic E-state index is 12.9. The molecule has 0 saturated carbocycles. The van der Waals surface area contributed by atoms with Crippen molar-refractivity contribution in [3.8, 4) is 17.0 Å². The molecule has 2 heterocycles. The molecule has 0 bridgehead atoms. The third-order valence-electron chi connectivity index (χ3n) is 4.81. The van der Waals surface area contributed by atoms with Crippen LogP contribution in [-0.2, 0) is 20.0 Å². The van der Waals surface area contributed by atoms with Crippen LogP contribution in [0.25, 0.3) is 29.7 Å². The number of H-pyrrole nitrogens is 1. The number of benzene rings is 2. The van der Waals surface area contributed by atoms with Crippen molar-refractivity contribution in [3.63, 3.8) is 0 Å². The first kappa shape index (κ1) is 22.5. The fourth-order valence-corrected chi connectivity index (χ4v) is 4.18. The van der Waals surface area contributed by atoms with E-state index in [0.29, 0.717) is 28.1 Å². The highest BCUT2D eigenvalue weighted by Crippen LogP contribution is 2.23. The number of nitrogens with one attached hydrogen (secondary N) is 1. The molecule has 0 radical (unpaired) electrons. The standard InChI is InChI=1S/C21H18N4O6S2/c1-13-19(21(26)25(24-13)15-4-9-18(10-5-15)33(23,29)30)12-16-6-11-20(31-16)14-2-7-17(8-3-14)32(22,27)28/h2-12,24H,1H2,(H2,22,27,28)(H2,23,29,30)/b19-12-. The molecule has 10 nitrogen and oxygen atoms in total. The molecule has 0 atom stereocenters. The minimum Gasteiger partial charge on any atom is -0.457 e. The second-order valence-corrected chi connectivity index (χ2v) is 10.2. The van der Waals surface area contributed by atoms with Gasteiger partial charge in [-0.05, 0) is 66.7 Å². The molecular weight excluding hydrogens is 468 g/mol. The van der Waals surface area contributed by atoms with Crippen molar-refractivity contribution in [2.75, 3.05) is 0 Å². The fraction of sp³-hybridized carbons (Fsp3) is 0. The first-order chi connectivity index (χ1) is 15.4. The molecule has 0 aliphatic heterocycles. The van der Waals surface area contributed by atoms with Crippen LogP contribution in [0.1, 0.15) is 5.76 Å². The average molecular weight is 487 g/mol. The Kier molecular flexibility index (Phi) is 5.46. The molecule has 4 rings (SSSR count). The highest BCUT2D eigenvalue weighted by atomic mass is 32.2. The van der Waals surface area contributed by atoms with Crippen molar-refractivity contribution in [2.45, 2.75) is 9.79 Å².